The molecule has 2 aliphatic heterocycles. The number of halogens is 1. The van der Waals surface area contributed by atoms with Gasteiger partial charge in [-0.05, 0) is 61.1 Å². The first-order valence-electron chi connectivity index (χ1n) is 6.24. The van der Waals surface area contributed by atoms with E-state index in [1.54, 1.807) is 0 Å². The van der Waals surface area contributed by atoms with Gasteiger partial charge in [0.25, 0.3) is 0 Å². The number of amides is 1. The Morgan fingerprint density at radius 1 is 1.50 bits per heavy atom. The zero-order valence-electron chi connectivity index (χ0n) is 11.3. The predicted molar refractivity (Wildman–Crippen MR) is 85.4 cm³/mol. The van der Waals surface area contributed by atoms with Crippen LogP contribution in [0.25, 0.3) is 0 Å². The summed E-state index contributed by atoms with van der Waals surface area (Å²) in [6.45, 7) is 6.62. The number of fused-ring (bicyclic) bond motifs is 2. The van der Waals surface area contributed by atoms with Crippen LogP contribution in [0.15, 0.2) is 0 Å². The SMILES string of the molecule is C/S(I)=C1/NC[C@@H]2CC[C@H]1N2C(=O)OC(C)(C)C. The summed E-state index contributed by atoms with van der Waals surface area (Å²) in [5.74, 6) is 0. The van der Waals surface area contributed by atoms with Crippen molar-refractivity contribution in [2.45, 2.75) is 51.3 Å². The van der Waals surface area contributed by atoms with E-state index in [0.29, 0.717) is 6.04 Å². The number of rotatable bonds is 0. The van der Waals surface area contributed by atoms with Crippen molar-refractivity contribution < 1.29 is 9.53 Å². The molecule has 1 amide bonds. The van der Waals surface area contributed by atoms with Gasteiger partial charge < -0.3 is 4.74 Å². The maximum atomic E-state index is 12.3. The van der Waals surface area contributed by atoms with E-state index in [4.69, 9.17) is 4.74 Å². The van der Waals surface area contributed by atoms with Crippen molar-refractivity contribution in [3.63, 3.8) is 0 Å². The summed E-state index contributed by atoms with van der Waals surface area (Å²) in [4.78, 5) is 15.6. The first-order valence-corrected chi connectivity index (χ1v) is 10.4. The molecule has 0 aromatic carbocycles. The first kappa shape index (κ1) is 14.6. The lowest BCUT2D eigenvalue weighted by Gasteiger charge is -2.38. The molecule has 0 aliphatic carbocycles. The molecule has 1 unspecified atom stereocenters. The molecule has 0 saturated carbocycles. The molecule has 0 spiro atoms. The third-order valence-corrected chi connectivity index (χ3v) is 5.67. The molecule has 2 aliphatic rings. The van der Waals surface area contributed by atoms with Crippen LogP contribution in [0.3, 0.4) is 0 Å². The van der Waals surface area contributed by atoms with Crippen LogP contribution in [-0.4, -0.2) is 46.5 Å². The Kier molecular flexibility index (Phi) is 4.28. The fourth-order valence-electron chi connectivity index (χ4n) is 2.55. The van der Waals surface area contributed by atoms with Crippen LogP contribution in [0.4, 0.5) is 4.79 Å². The Labute approximate surface area is 123 Å². The summed E-state index contributed by atoms with van der Waals surface area (Å²) in [5.41, 5.74) is -0.417. The molecule has 4 nitrogen and oxygen atoms in total. The third-order valence-electron chi connectivity index (χ3n) is 3.22. The van der Waals surface area contributed by atoms with Gasteiger partial charge in [-0.15, -0.1) is 7.66 Å². The van der Waals surface area contributed by atoms with Gasteiger partial charge >= 0.3 is 6.09 Å². The van der Waals surface area contributed by atoms with E-state index < -0.39 is 5.60 Å². The van der Waals surface area contributed by atoms with Crippen molar-refractivity contribution in [1.29, 1.82) is 0 Å². The first-order chi connectivity index (χ1) is 8.29. The van der Waals surface area contributed by atoms with Crippen LogP contribution in [0.1, 0.15) is 33.6 Å². The van der Waals surface area contributed by atoms with Crippen molar-refractivity contribution in [3.05, 3.63) is 0 Å². The Hall–Kier alpha value is 0.180. The molecular weight excluding hydrogens is 363 g/mol. The quantitative estimate of drug-likeness (QED) is 0.516. The number of nitrogens with zero attached hydrogens (tertiary/aromatic N) is 1. The van der Waals surface area contributed by atoms with Gasteiger partial charge in [0.1, 0.15) is 5.60 Å². The van der Waals surface area contributed by atoms with E-state index in [9.17, 15) is 4.79 Å². The monoisotopic (exact) mass is 384 g/mol. The van der Waals surface area contributed by atoms with Gasteiger partial charge in [0.15, 0.2) is 0 Å². The van der Waals surface area contributed by atoms with Gasteiger partial charge in [0.2, 0.25) is 0 Å². The standard InChI is InChI=1S/C12H21IN2O2S/c1-12(2,3)17-11(16)15-8-5-6-9(15)10(14-7-8)18(4)13/h8-9,14H,5-7H2,1-4H3/t8-,9+,18?/m0/s1. The topological polar surface area (TPSA) is 41.6 Å². The van der Waals surface area contributed by atoms with Gasteiger partial charge in [-0.2, -0.15) is 0 Å². The van der Waals surface area contributed by atoms with Gasteiger partial charge in [0, 0.05) is 17.6 Å². The second-order valence-corrected chi connectivity index (χ2v) is 11.1. The molecule has 2 fully saturated rings. The van der Waals surface area contributed by atoms with Crippen molar-refractivity contribution in [2.24, 2.45) is 0 Å². The lowest BCUT2D eigenvalue weighted by atomic mass is 10.2. The summed E-state index contributed by atoms with van der Waals surface area (Å²) in [7, 11) is 0.160. The molecule has 1 N–H and O–H groups in total. The second-order valence-electron chi connectivity index (χ2n) is 5.82. The molecule has 0 aromatic heterocycles. The Morgan fingerprint density at radius 2 is 2.17 bits per heavy atom. The number of piperazine rings is 1. The number of ether oxygens (including phenoxy) is 1. The minimum atomic E-state index is -0.417. The highest BCUT2D eigenvalue weighted by Crippen LogP contribution is 2.34. The van der Waals surface area contributed by atoms with E-state index in [1.165, 1.54) is 4.99 Å². The molecule has 2 bridgehead atoms. The summed E-state index contributed by atoms with van der Waals surface area (Å²) >= 11 is 2.43. The maximum Gasteiger partial charge on any atom is 0.411 e. The fourth-order valence-corrected chi connectivity index (χ4v) is 4.79. The number of hydrogen-bond acceptors (Lipinski definition) is 2. The summed E-state index contributed by atoms with van der Waals surface area (Å²) < 4.78 is 5.53. The largest absolute Gasteiger partial charge is 0.444 e. The van der Waals surface area contributed by atoms with Crippen LogP contribution in [0.2, 0.25) is 0 Å². The lowest BCUT2D eigenvalue weighted by molar-refractivity contribution is 0.0177. The van der Waals surface area contributed by atoms with E-state index in [1.807, 2.05) is 25.7 Å². The zero-order valence-corrected chi connectivity index (χ0v) is 14.3. The van der Waals surface area contributed by atoms with Crippen LogP contribution in [0.5, 0.6) is 0 Å². The molecule has 2 saturated heterocycles. The average molecular weight is 384 g/mol. The molecule has 0 aromatic rings. The molecular formula is C12H21IN2O2S. The molecule has 2 rings (SSSR count). The highest BCUT2D eigenvalue weighted by atomic mass is 127. The summed E-state index contributed by atoms with van der Waals surface area (Å²) in [6.07, 6.45) is 4.17. The normalized spacial score (nSPS) is 31.4. The highest BCUT2D eigenvalue weighted by molar-refractivity contribution is 14.2. The number of nitrogens with one attached hydrogen (secondary N) is 1. The van der Waals surface area contributed by atoms with Gasteiger partial charge in [-0.25, -0.2) is 4.79 Å². The summed E-state index contributed by atoms with van der Waals surface area (Å²) in [5, 5.41) is 3.50. The van der Waals surface area contributed by atoms with Gasteiger partial charge in [0.05, 0.1) is 6.04 Å². The Bertz CT molecular complexity index is 388. The van der Waals surface area contributed by atoms with Crippen LogP contribution >= 0.6 is 28.9 Å². The second kappa shape index (κ2) is 5.28. The van der Waals surface area contributed by atoms with Crippen molar-refractivity contribution in [3.8, 4) is 0 Å². The fraction of sp³-hybridized carbons (Fsp3) is 0.833. The highest BCUT2D eigenvalue weighted by Gasteiger charge is 2.44. The number of carbonyl (C=O) groups excluding carboxylic acids is 1. The van der Waals surface area contributed by atoms with E-state index >= 15 is 0 Å². The molecule has 3 atom stereocenters. The van der Waals surface area contributed by atoms with Gasteiger partial charge in [-0.1, -0.05) is 0 Å². The zero-order chi connectivity index (χ0) is 13.5. The molecule has 2 heterocycles. The number of carbonyl (C=O) groups is 1. The number of hydrogen-bond donors (Lipinski definition) is 1. The Morgan fingerprint density at radius 3 is 2.72 bits per heavy atom. The molecule has 18 heavy (non-hydrogen) atoms. The van der Waals surface area contributed by atoms with Crippen LogP contribution in [-0.2, 0) is 4.74 Å². The van der Waals surface area contributed by atoms with E-state index in [-0.39, 0.29) is 19.8 Å². The van der Waals surface area contributed by atoms with E-state index in [0.717, 1.165) is 19.4 Å². The Balaban J connectivity index is 2.18. The molecule has 0 radical (unpaired) electrons. The van der Waals surface area contributed by atoms with Crippen LogP contribution in [0, 0.1) is 0 Å². The average Bonchev–Trinajstić information content (AvgIpc) is 2.49. The minimum Gasteiger partial charge on any atom is -0.444 e. The smallest absolute Gasteiger partial charge is 0.411 e. The van der Waals surface area contributed by atoms with Crippen LogP contribution < -0.4 is 5.32 Å². The predicted octanol–water partition coefficient (Wildman–Crippen LogP) is 2.74. The minimum absolute atomic E-state index is 0.157. The van der Waals surface area contributed by atoms with E-state index in [2.05, 4.69) is 32.8 Å². The molecule has 6 heteroatoms. The van der Waals surface area contributed by atoms with Crippen molar-refractivity contribution >= 4 is 39.9 Å². The summed E-state index contributed by atoms with van der Waals surface area (Å²) in [6, 6.07) is 0.525. The van der Waals surface area contributed by atoms with Gasteiger partial charge in [-0.3, -0.25) is 10.2 Å². The van der Waals surface area contributed by atoms with Crippen molar-refractivity contribution in [2.75, 3.05) is 12.8 Å². The van der Waals surface area contributed by atoms with Crippen molar-refractivity contribution in [1.82, 2.24) is 10.2 Å². The molecule has 104 valence electrons. The lowest BCUT2D eigenvalue weighted by Crippen LogP contribution is -2.58. The maximum absolute atomic E-state index is 12.3. The third kappa shape index (κ3) is 3.01.